The Morgan fingerprint density at radius 3 is 2.54 bits per heavy atom. The molecule has 0 fully saturated rings. The minimum absolute atomic E-state index is 0.0481. The molecule has 0 aliphatic carbocycles. The third kappa shape index (κ3) is 4.96. The van der Waals surface area contributed by atoms with Gasteiger partial charge in [-0.05, 0) is 29.8 Å². The van der Waals surface area contributed by atoms with Gasteiger partial charge in [0.05, 0.1) is 6.42 Å². The van der Waals surface area contributed by atoms with Gasteiger partial charge < -0.3 is 14.2 Å². The van der Waals surface area contributed by atoms with Crippen molar-refractivity contribution in [3.63, 3.8) is 0 Å². The van der Waals surface area contributed by atoms with Gasteiger partial charge in [0.15, 0.2) is 17.3 Å². The van der Waals surface area contributed by atoms with E-state index in [0.29, 0.717) is 30.3 Å². The molecule has 26 heavy (non-hydrogen) atoms. The summed E-state index contributed by atoms with van der Waals surface area (Å²) in [6.45, 7) is 1.16. The fourth-order valence-electron chi connectivity index (χ4n) is 2.54. The van der Waals surface area contributed by atoms with Crippen LogP contribution in [0.25, 0.3) is 6.08 Å². The number of benzene rings is 2. The zero-order chi connectivity index (χ0) is 18.2. The van der Waals surface area contributed by atoms with Crippen molar-refractivity contribution in [2.75, 3.05) is 19.8 Å². The molecule has 0 saturated carbocycles. The topological polar surface area (TPSA) is 61.8 Å². The molecule has 0 saturated heterocycles. The molecule has 1 aliphatic rings. The van der Waals surface area contributed by atoms with Crippen LogP contribution in [0.4, 0.5) is 0 Å². The van der Waals surface area contributed by atoms with Gasteiger partial charge in [0.25, 0.3) is 0 Å². The van der Waals surface area contributed by atoms with E-state index < -0.39 is 5.97 Å². The molecule has 5 nitrogen and oxygen atoms in total. The van der Waals surface area contributed by atoms with Gasteiger partial charge in [-0.25, -0.2) is 0 Å². The monoisotopic (exact) mass is 352 g/mol. The highest BCUT2D eigenvalue weighted by Crippen LogP contribution is 2.31. The highest BCUT2D eigenvalue weighted by molar-refractivity contribution is 5.98. The highest BCUT2D eigenvalue weighted by Gasteiger charge is 2.16. The lowest BCUT2D eigenvalue weighted by Gasteiger charge is -2.18. The van der Waals surface area contributed by atoms with Gasteiger partial charge in [-0.15, -0.1) is 0 Å². The van der Waals surface area contributed by atoms with E-state index in [-0.39, 0.29) is 25.2 Å². The minimum Gasteiger partial charge on any atom is -0.486 e. The Hall–Kier alpha value is -3.08. The van der Waals surface area contributed by atoms with E-state index in [0.717, 1.165) is 5.56 Å². The second kappa shape index (κ2) is 8.85. The van der Waals surface area contributed by atoms with E-state index in [2.05, 4.69) is 0 Å². The predicted molar refractivity (Wildman–Crippen MR) is 97.4 cm³/mol. The third-order valence-corrected chi connectivity index (χ3v) is 3.87. The first-order valence-electron chi connectivity index (χ1n) is 8.52. The number of carbonyl (C=O) groups excluding carboxylic acids is 2. The highest BCUT2D eigenvalue weighted by atomic mass is 16.6. The van der Waals surface area contributed by atoms with Crippen LogP contribution in [0.1, 0.15) is 28.8 Å². The maximum absolute atomic E-state index is 12.2. The summed E-state index contributed by atoms with van der Waals surface area (Å²) in [5, 5.41) is 0. The summed E-state index contributed by atoms with van der Waals surface area (Å²) >= 11 is 0. The summed E-state index contributed by atoms with van der Waals surface area (Å²) in [6, 6.07) is 14.8. The van der Waals surface area contributed by atoms with E-state index in [9.17, 15) is 9.59 Å². The quantitative estimate of drug-likeness (QED) is 0.562. The average Bonchev–Trinajstić information content (AvgIpc) is 2.70. The van der Waals surface area contributed by atoms with E-state index >= 15 is 0 Å². The molecule has 0 aromatic heterocycles. The van der Waals surface area contributed by atoms with Gasteiger partial charge in [0, 0.05) is 12.0 Å². The molecule has 2 aromatic rings. The zero-order valence-electron chi connectivity index (χ0n) is 14.4. The van der Waals surface area contributed by atoms with E-state index in [4.69, 9.17) is 14.2 Å². The lowest BCUT2D eigenvalue weighted by molar-refractivity contribution is -0.142. The van der Waals surface area contributed by atoms with Crippen molar-refractivity contribution in [3.05, 3.63) is 65.7 Å². The summed E-state index contributed by atoms with van der Waals surface area (Å²) in [7, 11) is 0. The van der Waals surface area contributed by atoms with Crippen LogP contribution >= 0.6 is 0 Å². The van der Waals surface area contributed by atoms with Crippen LogP contribution in [0, 0.1) is 0 Å². The van der Waals surface area contributed by atoms with Gasteiger partial charge in [-0.3, -0.25) is 9.59 Å². The first kappa shape index (κ1) is 17.7. The Balaban J connectivity index is 1.42. The fraction of sp³-hybridized carbons (Fsp3) is 0.238. The number of carbonyl (C=O) groups is 2. The van der Waals surface area contributed by atoms with Crippen LogP contribution in [0.2, 0.25) is 0 Å². The Kier molecular flexibility index (Phi) is 6.04. The van der Waals surface area contributed by atoms with Gasteiger partial charge in [0.2, 0.25) is 0 Å². The number of Topliss-reactive ketones (excluding diaryl/α,β-unsaturated/α-hetero) is 1. The third-order valence-electron chi connectivity index (χ3n) is 3.87. The molecule has 0 bridgehead atoms. The first-order valence-corrected chi connectivity index (χ1v) is 8.52. The van der Waals surface area contributed by atoms with Crippen molar-refractivity contribution >= 4 is 17.8 Å². The van der Waals surface area contributed by atoms with Gasteiger partial charge in [-0.1, -0.05) is 36.4 Å². The van der Waals surface area contributed by atoms with Gasteiger partial charge >= 0.3 is 5.97 Å². The lowest BCUT2D eigenvalue weighted by atomic mass is 10.1. The van der Waals surface area contributed by atoms with Crippen LogP contribution in [0.5, 0.6) is 11.5 Å². The van der Waals surface area contributed by atoms with Gasteiger partial charge in [0.1, 0.15) is 19.8 Å². The number of esters is 1. The molecule has 0 atom stereocenters. The van der Waals surface area contributed by atoms with Crippen molar-refractivity contribution in [1.82, 2.24) is 0 Å². The Morgan fingerprint density at radius 2 is 1.73 bits per heavy atom. The van der Waals surface area contributed by atoms with Crippen molar-refractivity contribution < 1.29 is 23.8 Å². The predicted octanol–water partition coefficient (Wildman–Crippen LogP) is 3.68. The van der Waals surface area contributed by atoms with Crippen molar-refractivity contribution in [3.8, 4) is 11.5 Å². The van der Waals surface area contributed by atoms with E-state index in [1.165, 1.54) is 0 Å². The van der Waals surface area contributed by atoms with Gasteiger partial charge in [-0.2, -0.15) is 0 Å². The number of rotatable bonds is 7. The molecule has 1 aliphatic heterocycles. The van der Waals surface area contributed by atoms with Crippen LogP contribution < -0.4 is 9.47 Å². The molecular formula is C21H20O5. The van der Waals surface area contributed by atoms with Crippen LogP contribution in [-0.2, 0) is 9.53 Å². The zero-order valence-corrected chi connectivity index (χ0v) is 14.4. The molecular weight excluding hydrogens is 332 g/mol. The second-order valence-corrected chi connectivity index (χ2v) is 5.78. The molecule has 0 N–H and O–H groups in total. The molecule has 0 radical (unpaired) electrons. The number of hydrogen-bond donors (Lipinski definition) is 0. The molecule has 2 aromatic carbocycles. The number of ether oxygens (including phenoxy) is 3. The van der Waals surface area contributed by atoms with Crippen molar-refractivity contribution in [2.24, 2.45) is 0 Å². The number of fused-ring (bicyclic) bond motifs is 1. The molecule has 134 valence electrons. The first-order chi connectivity index (χ1) is 12.7. The normalized spacial score (nSPS) is 12.8. The standard InChI is InChI=1S/C21H20O5/c22-18(17-8-10-19-20(15-17)25-14-13-24-19)9-11-21(23)26-12-4-7-16-5-2-1-3-6-16/h1-8,10,15H,9,11-14H2. The summed E-state index contributed by atoms with van der Waals surface area (Å²) in [4.78, 5) is 24.0. The maximum atomic E-state index is 12.2. The van der Waals surface area contributed by atoms with E-state index in [1.54, 1.807) is 24.3 Å². The number of hydrogen-bond acceptors (Lipinski definition) is 5. The SMILES string of the molecule is O=C(CCC(=O)c1ccc2c(c1)OCCO2)OCC=Cc1ccccc1. The van der Waals surface area contributed by atoms with Crippen LogP contribution in [-0.4, -0.2) is 31.6 Å². The van der Waals surface area contributed by atoms with Crippen molar-refractivity contribution in [2.45, 2.75) is 12.8 Å². The lowest BCUT2D eigenvalue weighted by Crippen LogP contribution is -2.16. The molecule has 0 amide bonds. The Morgan fingerprint density at radius 1 is 0.962 bits per heavy atom. The second-order valence-electron chi connectivity index (χ2n) is 5.78. The average molecular weight is 352 g/mol. The number of ketones is 1. The Labute approximate surface area is 152 Å². The summed E-state index contributed by atoms with van der Waals surface area (Å²) < 4.78 is 16.0. The molecule has 3 rings (SSSR count). The molecule has 5 heteroatoms. The summed E-state index contributed by atoms with van der Waals surface area (Å²) in [6.07, 6.45) is 3.80. The summed E-state index contributed by atoms with van der Waals surface area (Å²) in [5.41, 5.74) is 1.54. The molecule has 1 heterocycles. The van der Waals surface area contributed by atoms with Crippen molar-refractivity contribution in [1.29, 1.82) is 0 Å². The summed E-state index contributed by atoms with van der Waals surface area (Å²) in [5.74, 6) is 0.681. The van der Waals surface area contributed by atoms with E-state index in [1.807, 2.05) is 36.4 Å². The molecule has 0 unspecified atom stereocenters. The van der Waals surface area contributed by atoms with Crippen LogP contribution in [0.3, 0.4) is 0 Å². The molecule has 0 spiro atoms. The largest absolute Gasteiger partial charge is 0.486 e. The van der Waals surface area contributed by atoms with Crippen LogP contribution in [0.15, 0.2) is 54.6 Å². The smallest absolute Gasteiger partial charge is 0.306 e. The Bertz CT molecular complexity index is 795. The minimum atomic E-state index is -0.395. The maximum Gasteiger partial charge on any atom is 0.306 e. The fourth-order valence-corrected chi connectivity index (χ4v) is 2.54.